The fourth-order valence-electron chi connectivity index (χ4n) is 1.03. The van der Waals surface area contributed by atoms with Crippen LogP contribution in [0.3, 0.4) is 0 Å². The van der Waals surface area contributed by atoms with Crippen LogP contribution in [0.4, 0.5) is 0 Å². The molecular formula is C8H10BrNO3S. The van der Waals surface area contributed by atoms with E-state index >= 15 is 0 Å². The van der Waals surface area contributed by atoms with Gasteiger partial charge in [-0.3, -0.25) is 4.84 Å². The molecule has 1 aromatic rings. The number of halogens is 1. The molecule has 0 heterocycles. The third-order valence-electron chi connectivity index (χ3n) is 1.60. The maximum Gasteiger partial charge on any atom is 0.262 e. The zero-order valence-electron chi connectivity index (χ0n) is 7.53. The average Bonchev–Trinajstić information content (AvgIpc) is 2.18. The van der Waals surface area contributed by atoms with Crippen molar-refractivity contribution in [3.8, 4) is 0 Å². The molecule has 0 atom stereocenters. The molecule has 14 heavy (non-hydrogen) atoms. The second kappa shape index (κ2) is 4.88. The largest absolute Gasteiger partial charge is 0.290 e. The zero-order valence-corrected chi connectivity index (χ0v) is 9.93. The number of hydrogen-bond acceptors (Lipinski definition) is 3. The summed E-state index contributed by atoms with van der Waals surface area (Å²) < 4.78 is 23.1. The van der Waals surface area contributed by atoms with E-state index in [0.29, 0.717) is 10.9 Å². The number of sulfonamides is 1. The second-order valence-corrected chi connectivity index (χ2v) is 4.71. The number of alkyl halides is 1. The quantitative estimate of drug-likeness (QED) is 0.670. The predicted molar refractivity (Wildman–Crippen MR) is 56.4 cm³/mol. The van der Waals surface area contributed by atoms with E-state index in [9.17, 15) is 8.42 Å². The van der Waals surface area contributed by atoms with E-state index in [1.165, 1.54) is 13.2 Å². The van der Waals surface area contributed by atoms with Crippen molar-refractivity contribution >= 4 is 26.0 Å². The summed E-state index contributed by atoms with van der Waals surface area (Å²) >= 11 is 3.22. The summed E-state index contributed by atoms with van der Waals surface area (Å²) in [7, 11) is -2.30. The molecule has 0 bridgehead atoms. The van der Waals surface area contributed by atoms with Crippen molar-refractivity contribution in [1.29, 1.82) is 0 Å². The van der Waals surface area contributed by atoms with Crippen LogP contribution in [0.5, 0.6) is 0 Å². The van der Waals surface area contributed by atoms with Gasteiger partial charge < -0.3 is 0 Å². The van der Waals surface area contributed by atoms with E-state index in [-0.39, 0.29) is 4.90 Å². The molecule has 6 heteroatoms. The van der Waals surface area contributed by atoms with Gasteiger partial charge in [-0.1, -0.05) is 39.0 Å². The van der Waals surface area contributed by atoms with Crippen molar-refractivity contribution in [1.82, 2.24) is 4.89 Å². The van der Waals surface area contributed by atoms with Gasteiger partial charge in [-0.2, -0.15) is 0 Å². The molecule has 1 aromatic carbocycles. The molecule has 0 saturated heterocycles. The Balaban J connectivity index is 3.18. The lowest BCUT2D eigenvalue weighted by Gasteiger charge is -2.07. The summed E-state index contributed by atoms with van der Waals surface area (Å²) in [4.78, 5) is 6.59. The molecule has 0 unspecified atom stereocenters. The summed E-state index contributed by atoms with van der Waals surface area (Å²) in [6.45, 7) is 0. The van der Waals surface area contributed by atoms with Crippen LogP contribution in [0.1, 0.15) is 5.56 Å². The molecule has 0 aliphatic heterocycles. The maximum atomic E-state index is 11.6. The SMILES string of the molecule is CONS(=O)(=O)c1ccccc1CBr. The Kier molecular flexibility index (Phi) is 4.06. The summed E-state index contributed by atoms with van der Waals surface area (Å²) in [5.41, 5.74) is 0.692. The Bertz CT molecular complexity index is 405. The summed E-state index contributed by atoms with van der Waals surface area (Å²) in [6, 6.07) is 6.70. The number of hydrogen-bond donors (Lipinski definition) is 1. The molecule has 1 N–H and O–H groups in total. The molecule has 0 amide bonds. The number of benzene rings is 1. The Labute approximate surface area is 91.4 Å². The molecule has 0 aliphatic carbocycles. The maximum absolute atomic E-state index is 11.6. The number of nitrogens with one attached hydrogen (secondary N) is 1. The zero-order chi connectivity index (χ0) is 10.6. The van der Waals surface area contributed by atoms with Gasteiger partial charge >= 0.3 is 0 Å². The van der Waals surface area contributed by atoms with Crippen molar-refractivity contribution in [3.05, 3.63) is 29.8 Å². The first-order valence-electron chi connectivity index (χ1n) is 3.80. The first-order chi connectivity index (χ1) is 6.61. The van der Waals surface area contributed by atoms with Crippen LogP contribution in [-0.2, 0) is 20.2 Å². The van der Waals surface area contributed by atoms with E-state index in [1.54, 1.807) is 18.2 Å². The summed E-state index contributed by atoms with van der Waals surface area (Å²) in [6.07, 6.45) is 0. The summed E-state index contributed by atoms with van der Waals surface area (Å²) in [5, 5.41) is 0.480. The summed E-state index contributed by atoms with van der Waals surface area (Å²) in [5.74, 6) is 0. The molecular weight excluding hydrogens is 270 g/mol. The van der Waals surface area contributed by atoms with Crippen LogP contribution < -0.4 is 4.89 Å². The van der Waals surface area contributed by atoms with Crippen LogP contribution in [-0.4, -0.2) is 15.5 Å². The lowest BCUT2D eigenvalue weighted by molar-refractivity contribution is 0.153. The molecule has 0 fully saturated rings. The van der Waals surface area contributed by atoms with Crippen LogP contribution in [0.15, 0.2) is 29.2 Å². The van der Waals surface area contributed by atoms with Gasteiger partial charge in [0.15, 0.2) is 0 Å². The van der Waals surface area contributed by atoms with Crippen LogP contribution >= 0.6 is 15.9 Å². The van der Waals surface area contributed by atoms with Crippen molar-refractivity contribution < 1.29 is 13.3 Å². The number of rotatable bonds is 4. The van der Waals surface area contributed by atoms with Gasteiger partial charge in [-0.25, -0.2) is 8.42 Å². The van der Waals surface area contributed by atoms with Gasteiger partial charge in [0.2, 0.25) is 0 Å². The van der Waals surface area contributed by atoms with E-state index < -0.39 is 10.0 Å². The third kappa shape index (κ3) is 2.54. The van der Waals surface area contributed by atoms with Gasteiger partial charge in [0.1, 0.15) is 0 Å². The highest BCUT2D eigenvalue weighted by atomic mass is 79.9. The van der Waals surface area contributed by atoms with Gasteiger partial charge in [0, 0.05) is 5.33 Å². The minimum absolute atomic E-state index is 0.221. The van der Waals surface area contributed by atoms with Crippen LogP contribution in [0, 0.1) is 0 Å². The van der Waals surface area contributed by atoms with Crippen molar-refractivity contribution in [2.45, 2.75) is 10.2 Å². The molecule has 1 rings (SSSR count). The normalized spacial score (nSPS) is 11.6. The van der Waals surface area contributed by atoms with Gasteiger partial charge in [-0.15, -0.1) is 0 Å². The van der Waals surface area contributed by atoms with Crippen molar-refractivity contribution in [2.75, 3.05) is 7.11 Å². The minimum atomic E-state index is -3.56. The van der Waals surface area contributed by atoms with Crippen molar-refractivity contribution in [2.24, 2.45) is 0 Å². The topological polar surface area (TPSA) is 55.4 Å². The molecule has 0 aromatic heterocycles. The smallest absolute Gasteiger partial charge is 0.262 e. The monoisotopic (exact) mass is 279 g/mol. The predicted octanol–water partition coefficient (Wildman–Crippen LogP) is 1.42. The Morgan fingerprint density at radius 2 is 2.07 bits per heavy atom. The fourth-order valence-corrected chi connectivity index (χ4v) is 2.76. The molecule has 0 aliphatic rings. The van der Waals surface area contributed by atoms with E-state index in [4.69, 9.17) is 0 Å². The second-order valence-electron chi connectivity index (χ2n) is 2.53. The third-order valence-corrected chi connectivity index (χ3v) is 3.57. The highest BCUT2D eigenvalue weighted by Gasteiger charge is 2.16. The van der Waals surface area contributed by atoms with E-state index in [2.05, 4.69) is 20.8 Å². The van der Waals surface area contributed by atoms with Crippen LogP contribution in [0.2, 0.25) is 0 Å². The minimum Gasteiger partial charge on any atom is -0.290 e. The fraction of sp³-hybridized carbons (Fsp3) is 0.250. The van der Waals surface area contributed by atoms with Gasteiger partial charge in [0.25, 0.3) is 10.0 Å². The average molecular weight is 280 g/mol. The molecule has 0 spiro atoms. The van der Waals surface area contributed by atoms with E-state index in [1.807, 2.05) is 4.89 Å². The molecule has 4 nitrogen and oxygen atoms in total. The Hall–Kier alpha value is -0.430. The van der Waals surface area contributed by atoms with Crippen LogP contribution in [0.25, 0.3) is 0 Å². The van der Waals surface area contributed by atoms with Crippen molar-refractivity contribution in [3.63, 3.8) is 0 Å². The lowest BCUT2D eigenvalue weighted by Crippen LogP contribution is -2.23. The molecule has 78 valence electrons. The first kappa shape index (κ1) is 11.6. The molecule has 0 radical (unpaired) electrons. The highest BCUT2D eigenvalue weighted by Crippen LogP contribution is 2.17. The molecule has 0 saturated carbocycles. The first-order valence-corrected chi connectivity index (χ1v) is 6.41. The Morgan fingerprint density at radius 1 is 1.43 bits per heavy atom. The highest BCUT2D eigenvalue weighted by molar-refractivity contribution is 9.08. The van der Waals surface area contributed by atoms with Gasteiger partial charge in [0.05, 0.1) is 12.0 Å². The lowest BCUT2D eigenvalue weighted by atomic mass is 10.2. The van der Waals surface area contributed by atoms with E-state index in [0.717, 1.165) is 0 Å². The standard InChI is InChI=1S/C8H10BrNO3S/c1-13-10-14(11,12)8-5-3-2-4-7(8)6-9/h2-5,10H,6H2,1H3. The Morgan fingerprint density at radius 3 is 2.64 bits per heavy atom. The van der Waals surface area contributed by atoms with Gasteiger partial charge in [-0.05, 0) is 11.6 Å².